The molecule has 3 aliphatic rings. The number of halogens is 3. The fraction of sp³-hybridized carbons (Fsp3) is 0.407. The normalized spacial score (nSPS) is 22.3. The third-order valence-corrected chi connectivity index (χ3v) is 7.71. The van der Waals surface area contributed by atoms with Crippen molar-refractivity contribution in [2.45, 2.75) is 50.9 Å². The van der Waals surface area contributed by atoms with Gasteiger partial charge in [0.05, 0.1) is 12.1 Å². The molecule has 1 aromatic carbocycles. The zero-order chi connectivity index (χ0) is 25.9. The lowest BCUT2D eigenvalue weighted by Crippen LogP contribution is -2.27. The van der Waals surface area contributed by atoms with Gasteiger partial charge in [-0.2, -0.15) is 18.3 Å². The number of amides is 1. The zero-order valence-electron chi connectivity index (χ0n) is 20.0. The second-order valence-electron chi connectivity index (χ2n) is 10.4. The van der Waals surface area contributed by atoms with Crippen molar-refractivity contribution in [3.63, 3.8) is 0 Å². The van der Waals surface area contributed by atoms with Gasteiger partial charge in [0.15, 0.2) is 11.5 Å². The van der Waals surface area contributed by atoms with Crippen LogP contribution in [0.1, 0.15) is 63.6 Å². The van der Waals surface area contributed by atoms with Gasteiger partial charge in [0.2, 0.25) is 5.91 Å². The molecule has 192 valence electrons. The molecule has 0 bridgehead atoms. The highest BCUT2D eigenvalue weighted by atomic mass is 19.4. The number of rotatable bonds is 7. The topological polar surface area (TPSA) is 94.1 Å². The number of nitrogens with two attached hydrogens (primary N) is 1. The van der Waals surface area contributed by atoms with Gasteiger partial charge in [-0.3, -0.25) is 14.3 Å². The molecule has 2 aliphatic carbocycles. The van der Waals surface area contributed by atoms with Gasteiger partial charge in [0.1, 0.15) is 5.82 Å². The molecular formula is C27H26F3N5O2. The van der Waals surface area contributed by atoms with Crippen LogP contribution in [0.25, 0.3) is 0 Å². The lowest BCUT2D eigenvalue weighted by atomic mass is 9.94. The summed E-state index contributed by atoms with van der Waals surface area (Å²) in [4.78, 5) is 31.4. The molecule has 3 heterocycles. The lowest BCUT2D eigenvalue weighted by molar-refractivity contribution is -0.141. The Morgan fingerprint density at radius 2 is 1.81 bits per heavy atom. The molecule has 1 amide bonds. The van der Waals surface area contributed by atoms with Crippen molar-refractivity contribution in [3.05, 3.63) is 76.2 Å². The molecule has 37 heavy (non-hydrogen) atoms. The number of anilines is 1. The van der Waals surface area contributed by atoms with Gasteiger partial charge in [-0.25, -0.2) is 4.98 Å². The number of pyridine rings is 1. The van der Waals surface area contributed by atoms with Crippen LogP contribution in [0.4, 0.5) is 19.0 Å². The van der Waals surface area contributed by atoms with E-state index in [4.69, 9.17) is 5.73 Å². The Balaban J connectivity index is 1.16. The van der Waals surface area contributed by atoms with Crippen molar-refractivity contribution in [2.24, 2.45) is 11.8 Å². The summed E-state index contributed by atoms with van der Waals surface area (Å²) < 4.78 is 42.5. The molecule has 10 heteroatoms. The predicted octanol–water partition coefficient (Wildman–Crippen LogP) is 4.21. The number of hydrogen-bond acceptors (Lipinski definition) is 5. The van der Waals surface area contributed by atoms with Crippen LogP contribution >= 0.6 is 0 Å². The smallest absolute Gasteiger partial charge is 0.384 e. The fourth-order valence-electron chi connectivity index (χ4n) is 5.69. The average molecular weight is 510 g/mol. The quantitative estimate of drug-likeness (QED) is 0.482. The third-order valence-electron chi connectivity index (χ3n) is 7.71. The number of carbonyl (C=O) groups is 2. The molecule has 2 N–H and O–H groups in total. The van der Waals surface area contributed by atoms with Gasteiger partial charge in [0.25, 0.3) is 0 Å². The number of ketones is 1. The van der Waals surface area contributed by atoms with Crippen LogP contribution in [0, 0.1) is 11.8 Å². The summed E-state index contributed by atoms with van der Waals surface area (Å²) in [5.41, 5.74) is 7.56. The maximum absolute atomic E-state index is 13.8. The van der Waals surface area contributed by atoms with E-state index in [0.717, 1.165) is 35.3 Å². The minimum atomic E-state index is -4.74. The van der Waals surface area contributed by atoms with E-state index >= 15 is 0 Å². The Hall–Kier alpha value is -3.69. The van der Waals surface area contributed by atoms with E-state index in [1.165, 1.54) is 10.9 Å². The highest BCUT2D eigenvalue weighted by molar-refractivity contribution is 5.97. The Kier molecular flexibility index (Phi) is 5.58. The molecule has 7 nitrogen and oxygen atoms in total. The van der Waals surface area contributed by atoms with Crippen LogP contribution < -0.4 is 5.73 Å². The van der Waals surface area contributed by atoms with Crippen molar-refractivity contribution in [3.8, 4) is 0 Å². The highest BCUT2D eigenvalue weighted by Gasteiger charge is 2.51. The van der Waals surface area contributed by atoms with Crippen LogP contribution in [0.3, 0.4) is 0 Å². The standard InChI is InChI=1S/C27H26F3N5O2/c28-27(29,30)25-21(23(36)10-17-5-7-22-19(17)6-8-24(31)32-22)14-35(33-25)12-16-3-1-15(2-4-16)11-34-13-18-9-20(18)26(34)37/h1-4,6,8,14,17-18,20H,5,7,9-13H2,(H2,31,32)/t17-,18+,20+/m0/s1. The first-order valence-corrected chi connectivity index (χ1v) is 12.5. The minimum Gasteiger partial charge on any atom is -0.384 e. The number of carbonyl (C=O) groups excluding carboxylic acids is 2. The largest absolute Gasteiger partial charge is 0.435 e. The maximum Gasteiger partial charge on any atom is 0.435 e. The van der Waals surface area contributed by atoms with Crippen LogP contribution in [0.2, 0.25) is 0 Å². The molecular weight excluding hydrogens is 483 g/mol. The van der Waals surface area contributed by atoms with E-state index in [1.54, 1.807) is 6.07 Å². The Morgan fingerprint density at radius 1 is 1.08 bits per heavy atom. The lowest BCUT2D eigenvalue weighted by Gasteiger charge is -2.18. The molecule has 0 radical (unpaired) electrons. The van der Waals surface area contributed by atoms with E-state index < -0.39 is 23.2 Å². The molecule has 1 saturated carbocycles. The third kappa shape index (κ3) is 4.60. The number of Topliss-reactive ketones (excluding diaryl/α,β-unsaturated/α-hetero) is 1. The molecule has 2 aromatic heterocycles. The van der Waals surface area contributed by atoms with Crippen molar-refractivity contribution in [2.75, 3.05) is 12.3 Å². The van der Waals surface area contributed by atoms with Gasteiger partial charge < -0.3 is 10.6 Å². The summed E-state index contributed by atoms with van der Waals surface area (Å²) in [6.45, 7) is 1.43. The highest BCUT2D eigenvalue weighted by Crippen LogP contribution is 2.46. The number of nitrogen functional groups attached to an aromatic ring is 1. The van der Waals surface area contributed by atoms with Crippen LogP contribution in [-0.2, 0) is 30.5 Å². The van der Waals surface area contributed by atoms with Gasteiger partial charge in [-0.05, 0) is 53.9 Å². The summed E-state index contributed by atoms with van der Waals surface area (Å²) in [6, 6.07) is 10.9. The maximum atomic E-state index is 13.8. The van der Waals surface area contributed by atoms with Crippen molar-refractivity contribution >= 4 is 17.5 Å². The Labute approximate surface area is 211 Å². The first-order valence-electron chi connectivity index (χ1n) is 12.5. The zero-order valence-corrected chi connectivity index (χ0v) is 20.0. The number of piperidine rings is 1. The van der Waals surface area contributed by atoms with Crippen LogP contribution in [-0.4, -0.2) is 37.9 Å². The summed E-state index contributed by atoms with van der Waals surface area (Å²) in [7, 11) is 0. The summed E-state index contributed by atoms with van der Waals surface area (Å²) in [5, 5.41) is 3.75. The number of hydrogen-bond donors (Lipinski definition) is 1. The van der Waals surface area contributed by atoms with Gasteiger partial charge in [0, 0.05) is 37.3 Å². The molecule has 2 fully saturated rings. The number of aromatic nitrogens is 3. The average Bonchev–Trinajstić information content (AvgIpc) is 3.15. The summed E-state index contributed by atoms with van der Waals surface area (Å²) in [5.74, 6) is 0.533. The number of likely N-dealkylation sites (tertiary alicyclic amines) is 1. The Bertz CT molecular complexity index is 1380. The molecule has 3 aromatic rings. The Morgan fingerprint density at radius 3 is 2.49 bits per heavy atom. The number of alkyl halides is 3. The number of fused-ring (bicyclic) bond motifs is 2. The van der Waals surface area contributed by atoms with E-state index in [2.05, 4.69) is 10.1 Å². The second kappa shape index (κ2) is 8.71. The monoisotopic (exact) mass is 509 g/mol. The minimum absolute atomic E-state index is 0.0427. The predicted molar refractivity (Wildman–Crippen MR) is 128 cm³/mol. The molecule has 0 spiro atoms. The molecule has 3 atom stereocenters. The van der Waals surface area contributed by atoms with Crippen molar-refractivity contribution < 1.29 is 22.8 Å². The number of nitrogens with zero attached hydrogens (tertiary/aromatic N) is 4. The molecule has 0 unspecified atom stereocenters. The second-order valence-corrected chi connectivity index (χ2v) is 10.4. The number of benzene rings is 1. The first-order chi connectivity index (χ1) is 17.7. The van der Waals surface area contributed by atoms with Gasteiger partial charge in [-0.1, -0.05) is 30.3 Å². The van der Waals surface area contributed by atoms with E-state index in [9.17, 15) is 22.8 Å². The van der Waals surface area contributed by atoms with E-state index in [-0.39, 0.29) is 30.7 Å². The van der Waals surface area contributed by atoms with Gasteiger partial charge in [-0.15, -0.1) is 0 Å². The SMILES string of the molecule is Nc1ccc2c(n1)CC[C@H]2CC(=O)c1cn(Cc2ccc(CN3C[C@H]4C[C@H]4C3=O)cc2)nc1C(F)(F)F. The molecule has 1 aliphatic heterocycles. The number of aryl methyl sites for hydroxylation is 1. The van der Waals surface area contributed by atoms with Crippen molar-refractivity contribution in [1.82, 2.24) is 19.7 Å². The summed E-state index contributed by atoms with van der Waals surface area (Å²) in [6.07, 6.45) is -1.30. The summed E-state index contributed by atoms with van der Waals surface area (Å²) >= 11 is 0. The van der Waals surface area contributed by atoms with E-state index in [0.29, 0.717) is 31.1 Å². The first kappa shape index (κ1) is 23.7. The van der Waals surface area contributed by atoms with Crippen molar-refractivity contribution in [1.29, 1.82) is 0 Å². The molecule has 1 saturated heterocycles. The van der Waals surface area contributed by atoms with Gasteiger partial charge >= 0.3 is 6.18 Å². The molecule has 6 rings (SSSR count). The van der Waals surface area contributed by atoms with Crippen LogP contribution in [0.5, 0.6) is 0 Å². The van der Waals surface area contributed by atoms with Crippen LogP contribution in [0.15, 0.2) is 42.6 Å². The fourth-order valence-corrected chi connectivity index (χ4v) is 5.69. The van der Waals surface area contributed by atoms with E-state index in [1.807, 2.05) is 35.2 Å².